The molecule has 0 amide bonds. The molecule has 2 saturated carbocycles. The molecule has 2 fully saturated rings. The van der Waals surface area contributed by atoms with Gasteiger partial charge >= 0.3 is 0 Å². The molecule has 8 heavy (non-hydrogen) atoms. The zero-order chi connectivity index (χ0) is 5.61. The molecule has 2 aliphatic carbocycles. The maximum atomic E-state index is 8.95. The largest absolute Gasteiger partial charge is 0.393 e. The van der Waals surface area contributed by atoms with E-state index in [9.17, 15) is 0 Å². The average molecular weight is 112 g/mol. The Labute approximate surface area is 49.7 Å². The van der Waals surface area contributed by atoms with Gasteiger partial charge in [-0.25, -0.2) is 0 Å². The van der Waals surface area contributed by atoms with Crippen LogP contribution in [0, 0.1) is 5.41 Å². The monoisotopic (exact) mass is 112 g/mol. The summed E-state index contributed by atoms with van der Waals surface area (Å²) in [6, 6.07) is 0. The highest BCUT2D eigenvalue weighted by Crippen LogP contribution is 2.55. The zero-order valence-electron chi connectivity index (χ0n) is 5.06. The van der Waals surface area contributed by atoms with E-state index in [0.29, 0.717) is 5.41 Å². The molecule has 0 saturated heterocycles. The van der Waals surface area contributed by atoms with Crippen molar-refractivity contribution in [1.82, 2.24) is 0 Å². The Morgan fingerprint density at radius 2 is 1.88 bits per heavy atom. The maximum Gasteiger partial charge on any atom is 0.0550 e. The second-order valence-corrected chi connectivity index (χ2v) is 3.42. The van der Waals surface area contributed by atoms with Gasteiger partial charge in [-0.3, -0.25) is 0 Å². The van der Waals surface area contributed by atoms with Gasteiger partial charge in [0.15, 0.2) is 0 Å². The first-order valence-corrected chi connectivity index (χ1v) is 3.49. The van der Waals surface area contributed by atoms with Crippen molar-refractivity contribution in [3.8, 4) is 0 Å². The molecule has 0 unspecified atom stereocenters. The van der Waals surface area contributed by atoms with Crippen LogP contribution in [-0.2, 0) is 0 Å². The van der Waals surface area contributed by atoms with E-state index in [4.69, 9.17) is 5.11 Å². The van der Waals surface area contributed by atoms with Crippen molar-refractivity contribution in [1.29, 1.82) is 0 Å². The molecule has 0 atom stereocenters. The first-order chi connectivity index (χ1) is 3.81. The summed E-state index contributed by atoms with van der Waals surface area (Å²) in [5.74, 6) is 0. The van der Waals surface area contributed by atoms with Gasteiger partial charge in [-0.1, -0.05) is 6.42 Å². The molecule has 0 bridgehead atoms. The fourth-order valence-corrected chi connectivity index (χ4v) is 2.02. The molecule has 0 radical (unpaired) electrons. The Hall–Kier alpha value is -0.0400. The van der Waals surface area contributed by atoms with E-state index < -0.39 is 0 Å². The average Bonchev–Trinajstić information content (AvgIpc) is 1.51. The number of aliphatic hydroxyl groups excluding tert-OH is 1. The number of rotatable bonds is 0. The van der Waals surface area contributed by atoms with Crippen LogP contribution in [0.15, 0.2) is 0 Å². The second kappa shape index (κ2) is 1.27. The summed E-state index contributed by atoms with van der Waals surface area (Å²) in [5, 5.41) is 8.95. The Kier molecular flexibility index (Phi) is 0.762. The van der Waals surface area contributed by atoms with E-state index in [-0.39, 0.29) is 6.10 Å². The lowest BCUT2D eigenvalue weighted by molar-refractivity contribution is -0.0811. The van der Waals surface area contributed by atoms with Crippen LogP contribution in [0.5, 0.6) is 0 Å². The predicted molar refractivity (Wildman–Crippen MR) is 31.5 cm³/mol. The lowest BCUT2D eigenvalue weighted by atomic mass is 9.55. The minimum absolute atomic E-state index is 0.0651. The molecule has 0 aliphatic heterocycles. The standard InChI is InChI=1S/C7H12O/c8-6-4-7(5-6)2-1-3-7/h6,8H,1-5H2. The Morgan fingerprint density at radius 3 is 2.00 bits per heavy atom. The van der Waals surface area contributed by atoms with E-state index in [1.54, 1.807) is 0 Å². The molecule has 2 rings (SSSR count). The van der Waals surface area contributed by atoms with Gasteiger partial charge < -0.3 is 5.11 Å². The molecule has 1 nitrogen and oxygen atoms in total. The quantitative estimate of drug-likeness (QED) is 0.501. The van der Waals surface area contributed by atoms with Crippen LogP contribution in [0.3, 0.4) is 0 Å². The summed E-state index contributed by atoms with van der Waals surface area (Å²) >= 11 is 0. The summed E-state index contributed by atoms with van der Waals surface area (Å²) in [4.78, 5) is 0. The number of hydrogen-bond donors (Lipinski definition) is 1. The maximum absolute atomic E-state index is 8.95. The normalized spacial score (nSPS) is 34.1. The summed E-state index contributed by atoms with van der Waals surface area (Å²) in [6.07, 6.45) is 6.47. The van der Waals surface area contributed by atoms with E-state index in [2.05, 4.69) is 0 Å². The van der Waals surface area contributed by atoms with E-state index >= 15 is 0 Å². The highest BCUT2D eigenvalue weighted by molar-refractivity contribution is 4.98. The highest BCUT2D eigenvalue weighted by Gasteiger charge is 2.47. The van der Waals surface area contributed by atoms with Crippen LogP contribution in [0.25, 0.3) is 0 Å². The minimum Gasteiger partial charge on any atom is -0.393 e. The van der Waals surface area contributed by atoms with Crippen LogP contribution in [0.2, 0.25) is 0 Å². The summed E-state index contributed by atoms with van der Waals surface area (Å²) in [7, 11) is 0. The second-order valence-electron chi connectivity index (χ2n) is 3.42. The molecular formula is C7H12O. The molecule has 46 valence electrons. The van der Waals surface area contributed by atoms with Crippen molar-refractivity contribution in [2.75, 3.05) is 0 Å². The van der Waals surface area contributed by atoms with Gasteiger partial charge in [0.25, 0.3) is 0 Å². The molecule has 1 heteroatoms. The van der Waals surface area contributed by atoms with Gasteiger partial charge in [0, 0.05) is 0 Å². The summed E-state index contributed by atoms with van der Waals surface area (Å²) in [6.45, 7) is 0. The fraction of sp³-hybridized carbons (Fsp3) is 1.00. The fourth-order valence-electron chi connectivity index (χ4n) is 2.02. The summed E-state index contributed by atoms with van der Waals surface area (Å²) in [5.41, 5.74) is 0.666. The molecule has 0 aromatic carbocycles. The molecule has 0 aromatic rings. The van der Waals surface area contributed by atoms with Crippen LogP contribution in [0.1, 0.15) is 32.1 Å². The molecule has 2 aliphatic rings. The number of hydrogen-bond acceptors (Lipinski definition) is 1. The van der Waals surface area contributed by atoms with Crippen LogP contribution in [-0.4, -0.2) is 11.2 Å². The Bertz CT molecular complexity index is 97.0. The van der Waals surface area contributed by atoms with Crippen molar-refractivity contribution in [3.05, 3.63) is 0 Å². The predicted octanol–water partition coefficient (Wildman–Crippen LogP) is 1.31. The summed E-state index contributed by atoms with van der Waals surface area (Å²) < 4.78 is 0. The van der Waals surface area contributed by atoms with E-state index in [1.165, 1.54) is 19.3 Å². The first kappa shape index (κ1) is 4.80. The zero-order valence-corrected chi connectivity index (χ0v) is 5.06. The van der Waals surface area contributed by atoms with Crippen molar-refractivity contribution in [2.45, 2.75) is 38.2 Å². The van der Waals surface area contributed by atoms with E-state index in [1.807, 2.05) is 0 Å². The molecule has 0 aromatic heterocycles. The van der Waals surface area contributed by atoms with Gasteiger partial charge in [-0.2, -0.15) is 0 Å². The van der Waals surface area contributed by atoms with Gasteiger partial charge in [0.1, 0.15) is 0 Å². The van der Waals surface area contributed by atoms with Gasteiger partial charge in [0.2, 0.25) is 0 Å². The van der Waals surface area contributed by atoms with Crippen molar-refractivity contribution in [3.63, 3.8) is 0 Å². The third kappa shape index (κ3) is 0.455. The Morgan fingerprint density at radius 1 is 1.25 bits per heavy atom. The lowest BCUT2D eigenvalue weighted by Crippen LogP contribution is -2.45. The topological polar surface area (TPSA) is 20.2 Å². The van der Waals surface area contributed by atoms with Gasteiger partial charge in [0.05, 0.1) is 6.10 Å². The van der Waals surface area contributed by atoms with Gasteiger partial charge in [-0.15, -0.1) is 0 Å². The lowest BCUT2D eigenvalue weighted by Gasteiger charge is -2.52. The Balaban J connectivity index is 1.92. The third-order valence-electron chi connectivity index (χ3n) is 2.75. The van der Waals surface area contributed by atoms with Crippen molar-refractivity contribution in [2.24, 2.45) is 5.41 Å². The minimum atomic E-state index is 0.0651. The van der Waals surface area contributed by atoms with Gasteiger partial charge in [-0.05, 0) is 31.1 Å². The molecule has 0 heterocycles. The molecular weight excluding hydrogens is 100 g/mol. The SMILES string of the molecule is OC1CC2(CCC2)C1. The number of aliphatic hydroxyl groups is 1. The van der Waals surface area contributed by atoms with E-state index in [0.717, 1.165) is 12.8 Å². The highest BCUT2D eigenvalue weighted by atomic mass is 16.3. The van der Waals surface area contributed by atoms with Crippen LogP contribution < -0.4 is 0 Å². The van der Waals surface area contributed by atoms with Crippen LogP contribution >= 0.6 is 0 Å². The van der Waals surface area contributed by atoms with Crippen molar-refractivity contribution >= 4 is 0 Å². The molecule has 1 spiro atoms. The van der Waals surface area contributed by atoms with Crippen molar-refractivity contribution < 1.29 is 5.11 Å². The molecule has 1 N–H and O–H groups in total. The third-order valence-corrected chi connectivity index (χ3v) is 2.75. The first-order valence-electron chi connectivity index (χ1n) is 3.49. The smallest absolute Gasteiger partial charge is 0.0550 e. The van der Waals surface area contributed by atoms with Crippen LogP contribution in [0.4, 0.5) is 0 Å².